The van der Waals surface area contributed by atoms with Crippen LogP contribution in [0.1, 0.15) is 213 Å². The van der Waals surface area contributed by atoms with Gasteiger partial charge in [-0.2, -0.15) is 0 Å². The summed E-state index contributed by atoms with van der Waals surface area (Å²) in [4.78, 5) is 38.1. The molecule has 0 radical (unpaired) electrons. The molecule has 1 atom stereocenters. The van der Waals surface area contributed by atoms with Crippen LogP contribution in [0.15, 0.2) is 146 Å². The Balaban J connectivity index is 4.64. The van der Waals surface area contributed by atoms with Crippen LogP contribution in [0.3, 0.4) is 0 Å². The zero-order valence-corrected chi connectivity index (χ0v) is 44.0. The number of rotatable bonds is 47. The molecule has 6 heteroatoms. The lowest BCUT2D eigenvalue weighted by Gasteiger charge is -2.18. The van der Waals surface area contributed by atoms with E-state index < -0.39 is 12.1 Å². The molecule has 0 saturated heterocycles. The average Bonchev–Trinajstić information content (AvgIpc) is 3.35. The lowest BCUT2D eigenvalue weighted by atomic mass is 10.1. The summed E-state index contributed by atoms with van der Waals surface area (Å²) in [5, 5.41) is 0. The second kappa shape index (κ2) is 55.9. The summed E-state index contributed by atoms with van der Waals surface area (Å²) in [6.07, 6.45) is 79.8. The number of allylic oxidation sites excluding steroid dienone is 24. The van der Waals surface area contributed by atoms with Crippen LogP contribution in [0.5, 0.6) is 0 Å². The second-order valence-corrected chi connectivity index (χ2v) is 17.4. The minimum absolute atomic E-state index is 0.136. The SMILES string of the molecule is CC/C=C\C/C=C\C/C=C\C/C=C\C/C=C\CCCC(=O)O[C@H](COC(=O)CCC/C=C\C/C=C\C/C=C\C/C=C\CCCCC)COC(=O)CCCCCC/C=C\C/C=C\C/C=C\CCCCC. The number of carbonyl (C=O) groups excluding carboxylic acids is 3. The average molecular weight is 951 g/mol. The van der Waals surface area contributed by atoms with Crippen molar-refractivity contribution in [1.82, 2.24) is 0 Å². The van der Waals surface area contributed by atoms with E-state index in [0.717, 1.165) is 109 Å². The third kappa shape index (κ3) is 54.1. The van der Waals surface area contributed by atoms with E-state index in [9.17, 15) is 14.4 Å². The summed E-state index contributed by atoms with van der Waals surface area (Å²) in [6, 6.07) is 0. The van der Waals surface area contributed by atoms with Gasteiger partial charge in [-0.1, -0.05) is 205 Å². The van der Waals surface area contributed by atoms with Crippen molar-refractivity contribution < 1.29 is 28.6 Å². The smallest absolute Gasteiger partial charge is 0.306 e. The largest absolute Gasteiger partial charge is 0.462 e. The molecule has 0 aromatic rings. The molecule has 0 aliphatic heterocycles. The zero-order chi connectivity index (χ0) is 50.0. The van der Waals surface area contributed by atoms with E-state index in [-0.39, 0.29) is 38.0 Å². The zero-order valence-electron chi connectivity index (χ0n) is 44.0. The number of hydrogen-bond acceptors (Lipinski definition) is 6. The summed E-state index contributed by atoms with van der Waals surface area (Å²) in [5.41, 5.74) is 0. The molecule has 0 aromatic carbocycles. The Kier molecular flexibility index (Phi) is 52.1. The molecule has 0 bridgehead atoms. The van der Waals surface area contributed by atoms with E-state index in [2.05, 4.69) is 167 Å². The number of hydrogen-bond donors (Lipinski definition) is 0. The van der Waals surface area contributed by atoms with Crippen LogP contribution >= 0.6 is 0 Å². The third-order valence-corrected chi connectivity index (χ3v) is 10.8. The minimum Gasteiger partial charge on any atom is -0.462 e. The van der Waals surface area contributed by atoms with Crippen molar-refractivity contribution >= 4 is 17.9 Å². The van der Waals surface area contributed by atoms with Gasteiger partial charge in [0, 0.05) is 19.3 Å². The quantitative estimate of drug-likeness (QED) is 0.0262. The summed E-state index contributed by atoms with van der Waals surface area (Å²) in [6.45, 7) is 6.33. The van der Waals surface area contributed by atoms with Crippen molar-refractivity contribution in [3.8, 4) is 0 Å². The van der Waals surface area contributed by atoms with Crippen molar-refractivity contribution in [3.63, 3.8) is 0 Å². The Morgan fingerprint density at radius 3 is 0.928 bits per heavy atom. The van der Waals surface area contributed by atoms with Gasteiger partial charge in [0.1, 0.15) is 13.2 Å². The molecule has 0 N–H and O–H groups in total. The van der Waals surface area contributed by atoms with Gasteiger partial charge in [0.15, 0.2) is 6.10 Å². The van der Waals surface area contributed by atoms with Crippen LogP contribution < -0.4 is 0 Å². The first-order chi connectivity index (χ1) is 34.0. The maximum atomic E-state index is 12.8. The highest BCUT2D eigenvalue weighted by Crippen LogP contribution is 2.11. The van der Waals surface area contributed by atoms with Crippen LogP contribution in [0.2, 0.25) is 0 Å². The number of esters is 3. The van der Waals surface area contributed by atoms with Gasteiger partial charge in [0.05, 0.1) is 0 Å². The van der Waals surface area contributed by atoms with E-state index in [1.165, 1.54) is 51.4 Å². The molecule has 6 nitrogen and oxygen atoms in total. The molecule has 0 aromatic heterocycles. The molecule has 69 heavy (non-hydrogen) atoms. The molecule has 0 amide bonds. The van der Waals surface area contributed by atoms with E-state index in [0.29, 0.717) is 19.3 Å². The van der Waals surface area contributed by atoms with Crippen LogP contribution in [-0.2, 0) is 28.6 Å². The Morgan fingerprint density at radius 1 is 0.304 bits per heavy atom. The predicted molar refractivity (Wildman–Crippen MR) is 297 cm³/mol. The van der Waals surface area contributed by atoms with Crippen molar-refractivity contribution in [3.05, 3.63) is 146 Å². The van der Waals surface area contributed by atoms with Gasteiger partial charge in [-0.3, -0.25) is 14.4 Å². The van der Waals surface area contributed by atoms with Crippen molar-refractivity contribution in [2.45, 2.75) is 219 Å². The standard InChI is InChI=1S/C63H98O6/c1-4-7-10-13-16-19-22-25-28-31-34-37-40-43-46-49-52-55-61(64)67-58-60(69-63(66)57-54-51-48-45-42-39-36-33-30-27-24-21-18-15-12-9-6-3)59-68-62(65)56-53-50-47-44-41-38-35-32-29-26-23-20-17-14-11-8-5-2/h9,12,16-21,25-30,34-39,43,45-46,48,60H,4-8,10-11,13-15,22-24,31-33,40-42,44,47,49-59H2,1-3H3/b12-9-,19-16-,20-17-,21-18-,28-25-,29-26-,30-27-,37-34-,38-35-,39-36-,46-43-,48-45-/t60-/m1/s1. The van der Waals surface area contributed by atoms with E-state index in [1.54, 1.807) is 0 Å². The molecule has 0 spiro atoms. The van der Waals surface area contributed by atoms with Crippen LogP contribution in [-0.4, -0.2) is 37.2 Å². The van der Waals surface area contributed by atoms with Gasteiger partial charge in [0.25, 0.3) is 0 Å². The molecule has 0 unspecified atom stereocenters. The summed E-state index contributed by atoms with van der Waals surface area (Å²) < 4.78 is 16.7. The topological polar surface area (TPSA) is 78.9 Å². The van der Waals surface area contributed by atoms with Gasteiger partial charge < -0.3 is 14.2 Å². The van der Waals surface area contributed by atoms with Gasteiger partial charge in [-0.05, 0) is 135 Å². The highest BCUT2D eigenvalue weighted by molar-refractivity contribution is 5.71. The van der Waals surface area contributed by atoms with Crippen LogP contribution in [0.4, 0.5) is 0 Å². The highest BCUT2D eigenvalue weighted by Gasteiger charge is 2.19. The highest BCUT2D eigenvalue weighted by atomic mass is 16.6. The first-order valence-corrected chi connectivity index (χ1v) is 27.3. The molecule has 0 aliphatic carbocycles. The number of unbranched alkanes of at least 4 members (excludes halogenated alkanes) is 12. The normalized spacial score (nSPS) is 13.3. The van der Waals surface area contributed by atoms with Gasteiger partial charge in [-0.25, -0.2) is 0 Å². The lowest BCUT2D eigenvalue weighted by Crippen LogP contribution is -2.30. The molecule has 0 saturated carbocycles. The lowest BCUT2D eigenvalue weighted by molar-refractivity contribution is -0.167. The molecule has 0 rings (SSSR count). The molecule has 0 fully saturated rings. The van der Waals surface area contributed by atoms with Crippen molar-refractivity contribution in [2.75, 3.05) is 13.2 Å². The first kappa shape index (κ1) is 64.3. The molecular formula is C63H98O6. The van der Waals surface area contributed by atoms with Crippen molar-refractivity contribution in [2.24, 2.45) is 0 Å². The Labute approximate surface area is 423 Å². The van der Waals surface area contributed by atoms with Crippen LogP contribution in [0.25, 0.3) is 0 Å². The van der Waals surface area contributed by atoms with E-state index in [1.807, 2.05) is 0 Å². The van der Waals surface area contributed by atoms with Crippen LogP contribution in [0, 0.1) is 0 Å². The van der Waals surface area contributed by atoms with E-state index in [4.69, 9.17) is 14.2 Å². The molecule has 0 heterocycles. The summed E-state index contributed by atoms with van der Waals surface area (Å²) >= 11 is 0. The Bertz CT molecular complexity index is 1560. The predicted octanol–water partition coefficient (Wildman–Crippen LogP) is 18.4. The fourth-order valence-corrected chi connectivity index (χ4v) is 6.71. The monoisotopic (exact) mass is 951 g/mol. The summed E-state index contributed by atoms with van der Waals surface area (Å²) in [5.74, 6) is -1.08. The second-order valence-electron chi connectivity index (χ2n) is 17.4. The molecule has 386 valence electrons. The maximum absolute atomic E-state index is 12.8. The number of carbonyl (C=O) groups is 3. The van der Waals surface area contributed by atoms with E-state index >= 15 is 0 Å². The fraction of sp³-hybridized carbons (Fsp3) is 0.571. The number of ether oxygens (including phenoxy) is 3. The van der Waals surface area contributed by atoms with Gasteiger partial charge in [-0.15, -0.1) is 0 Å². The van der Waals surface area contributed by atoms with Gasteiger partial charge >= 0.3 is 17.9 Å². The molecule has 0 aliphatic rings. The molecular weight excluding hydrogens is 853 g/mol. The summed E-state index contributed by atoms with van der Waals surface area (Å²) in [7, 11) is 0. The van der Waals surface area contributed by atoms with Crippen molar-refractivity contribution in [1.29, 1.82) is 0 Å². The minimum atomic E-state index is -0.846. The van der Waals surface area contributed by atoms with Gasteiger partial charge in [0.2, 0.25) is 0 Å². The Morgan fingerprint density at radius 2 is 0.580 bits per heavy atom. The third-order valence-electron chi connectivity index (χ3n) is 10.8. The Hall–Kier alpha value is -4.71. The maximum Gasteiger partial charge on any atom is 0.306 e. The first-order valence-electron chi connectivity index (χ1n) is 27.3. The fourth-order valence-electron chi connectivity index (χ4n) is 6.71.